The fourth-order valence-corrected chi connectivity index (χ4v) is 6.63. The zero-order valence-electron chi connectivity index (χ0n) is 27.1. The molecule has 9 nitrogen and oxygen atoms in total. The van der Waals surface area contributed by atoms with Crippen molar-refractivity contribution < 1.29 is 9.90 Å². The second-order valence-electron chi connectivity index (χ2n) is 12.7. The molecule has 1 aliphatic carbocycles. The average Bonchev–Trinajstić information content (AvgIpc) is 3.21. The number of allylic oxidation sites excluding steroid dienone is 4. The van der Waals surface area contributed by atoms with Crippen molar-refractivity contribution in [2.75, 3.05) is 49.5 Å². The van der Waals surface area contributed by atoms with E-state index in [2.05, 4.69) is 69.3 Å². The van der Waals surface area contributed by atoms with E-state index in [1.165, 1.54) is 5.56 Å². The molecule has 2 saturated heterocycles. The molecule has 2 aliphatic heterocycles. The maximum atomic E-state index is 13.4. The van der Waals surface area contributed by atoms with Crippen LogP contribution in [0.25, 0.3) is 5.65 Å². The van der Waals surface area contributed by atoms with Crippen molar-refractivity contribution in [2.45, 2.75) is 38.7 Å². The molecule has 2 N–H and O–H groups in total. The van der Waals surface area contributed by atoms with E-state index < -0.39 is 5.60 Å². The van der Waals surface area contributed by atoms with Crippen molar-refractivity contribution in [1.82, 2.24) is 24.4 Å². The lowest BCUT2D eigenvalue weighted by Crippen LogP contribution is -2.42. The van der Waals surface area contributed by atoms with Gasteiger partial charge in [-0.1, -0.05) is 29.8 Å². The first-order valence-electron chi connectivity index (χ1n) is 16.5. The van der Waals surface area contributed by atoms with Crippen molar-refractivity contribution in [3.05, 3.63) is 125 Å². The molecule has 0 atom stereocenters. The Kier molecular flexibility index (Phi) is 8.41. The van der Waals surface area contributed by atoms with Gasteiger partial charge < -0.3 is 25.1 Å². The number of rotatable bonds is 6. The largest absolute Gasteiger partial charge is 0.385 e. The summed E-state index contributed by atoms with van der Waals surface area (Å²) >= 11 is 0. The molecule has 0 unspecified atom stereocenters. The molecule has 3 aliphatic rings. The summed E-state index contributed by atoms with van der Waals surface area (Å²) in [6.45, 7) is 8.65. The van der Waals surface area contributed by atoms with Gasteiger partial charge in [-0.05, 0) is 105 Å². The fraction of sp³-hybridized carbons (Fsp3) is 0.316. The third-order valence-electron chi connectivity index (χ3n) is 9.47. The Bertz CT molecular complexity index is 1890. The van der Waals surface area contributed by atoms with Crippen LogP contribution in [0.1, 0.15) is 47.7 Å². The predicted octanol–water partition coefficient (Wildman–Crippen LogP) is 5.97. The summed E-state index contributed by atoms with van der Waals surface area (Å²) in [4.78, 5) is 24.8. The quantitative estimate of drug-likeness (QED) is 0.255. The lowest BCUT2D eigenvalue weighted by molar-refractivity contribution is 0.0118. The number of nitrogens with zero attached hydrogens (tertiary/aromatic N) is 6. The van der Waals surface area contributed by atoms with E-state index in [1.54, 1.807) is 4.52 Å². The number of aliphatic hydroxyl groups is 1. The van der Waals surface area contributed by atoms with Crippen LogP contribution >= 0.6 is 0 Å². The number of anilines is 3. The average molecular weight is 628 g/mol. The van der Waals surface area contributed by atoms with Crippen LogP contribution in [-0.4, -0.2) is 74.7 Å². The molecule has 2 aromatic carbocycles. The van der Waals surface area contributed by atoms with Crippen LogP contribution in [0, 0.1) is 6.92 Å². The third-order valence-corrected chi connectivity index (χ3v) is 9.47. The van der Waals surface area contributed by atoms with Crippen molar-refractivity contribution in [1.29, 1.82) is 0 Å². The van der Waals surface area contributed by atoms with Gasteiger partial charge in [0.05, 0.1) is 11.3 Å². The van der Waals surface area contributed by atoms with E-state index in [0.29, 0.717) is 44.0 Å². The molecule has 7 rings (SSSR count). The number of aryl methyl sites for hydroxylation is 1. The second-order valence-corrected chi connectivity index (χ2v) is 12.7. The summed E-state index contributed by atoms with van der Waals surface area (Å²) in [6, 6.07) is 19.8. The number of hydrogen-bond donors (Lipinski definition) is 2. The van der Waals surface area contributed by atoms with Crippen LogP contribution in [0.4, 0.5) is 17.3 Å². The molecular formula is C38H41N7O2. The highest BCUT2D eigenvalue weighted by Gasteiger charge is 2.34. The minimum atomic E-state index is -0.824. The smallest absolute Gasteiger partial charge is 0.253 e. The SMILES string of the molecule is CC1=C=CC=C(N2CCCN(C(=O)c3ccc(Nc4nc5c(N6CCC(O)(c7ccc(C)cc7)CC6)cccn5n4)cc3)CC2)C=C1. The van der Waals surface area contributed by atoms with Crippen molar-refractivity contribution in [3.8, 4) is 0 Å². The zero-order chi connectivity index (χ0) is 32.4. The van der Waals surface area contributed by atoms with E-state index >= 15 is 0 Å². The first-order valence-corrected chi connectivity index (χ1v) is 16.5. The number of nitrogens with one attached hydrogen (secondary N) is 1. The minimum absolute atomic E-state index is 0.0486. The minimum Gasteiger partial charge on any atom is -0.385 e. The molecule has 240 valence electrons. The predicted molar refractivity (Wildman–Crippen MR) is 186 cm³/mol. The molecule has 0 radical (unpaired) electrons. The van der Waals surface area contributed by atoms with E-state index in [-0.39, 0.29) is 5.91 Å². The maximum Gasteiger partial charge on any atom is 0.253 e. The van der Waals surface area contributed by atoms with Gasteiger partial charge in [-0.3, -0.25) is 4.79 Å². The van der Waals surface area contributed by atoms with Gasteiger partial charge in [-0.15, -0.1) is 10.8 Å². The van der Waals surface area contributed by atoms with Gasteiger partial charge in [0.25, 0.3) is 5.91 Å². The molecule has 0 saturated carbocycles. The Labute approximate surface area is 275 Å². The highest BCUT2D eigenvalue weighted by atomic mass is 16.3. The van der Waals surface area contributed by atoms with Gasteiger partial charge >= 0.3 is 0 Å². The number of fused-ring (bicyclic) bond motifs is 1. The number of carbonyl (C=O) groups excluding carboxylic acids is 1. The van der Waals surface area contributed by atoms with Crippen LogP contribution in [-0.2, 0) is 5.60 Å². The van der Waals surface area contributed by atoms with Gasteiger partial charge in [-0.25, -0.2) is 4.52 Å². The Morgan fingerprint density at radius 3 is 2.47 bits per heavy atom. The van der Waals surface area contributed by atoms with Crippen molar-refractivity contribution in [3.63, 3.8) is 0 Å². The van der Waals surface area contributed by atoms with E-state index in [4.69, 9.17) is 4.98 Å². The summed E-state index contributed by atoms with van der Waals surface area (Å²) in [6.07, 6.45) is 12.4. The van der Waals surface area contributed by atoms with Crippen molar-refractivity contribution >= 4 is 28.9 Å². The first-order chi connectivity index (χ1) is 22.8. The molecule has 47 heavy (non-hydrogen) atoms. The van der Waals surface area contributed by atoms with E-state index in [0.717, 1.165) is 59.9 Å². The summed E-state index contributed by atoms with van der Waals surface area (Å²) in [5.74, 6) is 0.534. The fourth-order valence-electron chi connectivity index (χ4n) is 6.63. The molecule has 0 bridgehead atoms. The van der Waals surface area contributed by atoms with Crippen LogP contribution in [0.2, 0.25) is 0 Å². The van der Waals surface area contributed by atoms with Gasteiger partial charge in [0, 0.05) is 62.4 Å². The maximum absolute atomic E-state index is 13.4. The first kappa shape index (κ1) is 30.5. The standard InChI is InChI=1S/C38H41N7O2/c1-28-6-3-7-33(18-11-28)42-21-5-22-44(27-26-42)36(46)30-12-16-32(17-13-30)39-37-40-35-34(8-4-23-45(35)41-37)43-24-19-38(47,20-25-43)31-14-9-29(2)10-15-31/h3-4,7-18,23,47H,5,19-22,24-27H2,1-2H3,(H,39,41). The number of pyridine rings is 1. The Balaban J connectivity index is 0.983. The highest BCUT2D eigenvalue weighted by Crippen LogP contribution is 2.35. The Morgan fingerprint density at radius 1 is 0.894 bits per heavy atom. The lowest BCUT2D eigenvalue weighted by atomic mass is 9.84. The van der Waals surface area contributed by atoms with Crippen LogP contribution in [0.15, 0.2) is 108 Å². The number of piperidine rings is 1. The number of aromatic nitrogens is 3. The number of hydrogen-bond acceptors (Lipinski definition) is 7. The van der Waals surface area contributed by atoms with Gasteiger partial charge in [0.1, 0.15) is 0 Å². The topological polar surface area (TPSA) is 89.2 Å². The van der Waals surface area contributed by atoms with Gasteiger partial charge in [-0.2, -0.15) is 4.98 Å². The molecule has 4 heterocycles. The van der Waals surface area contributed by atoms with Crippen LogP contribution in [0.3, 0.4) is 0 Å². The Hall–Kier alpha value is -5.11. The molecule has 4 aromatic rings. The number of benzene rings is 2. The summed E-state index contributed by atoms with van der Waals surface area (Å²) in [5, 5.41) is 19.4. The third kappa shape index (κ3) is 6.59. The molecular weight excluding hydrogens is 586 g/mol. The monoisotopic (exact) mass is 627 g/mol. The molecule has 2 aromatic heterocycles. The summed E-state index contributed by atoms with van der Waals surface area (Å²) < 4.78 is 1.79. The molecule has 9 heteroatoms. The molecule has 0 spiro atoms. The lowest BCUT2D eigenvalue weighted by Gasteiger charge is -2.39. The number of amides is 1. The van der Waals surface area contributed by atoms with Gasteiger partial charge in [0.15, 0.2) is 5.65 Å². The summed E-state index contributed by atoms with van der Waals surface area (Å²) in [7, 11) is 0. The number of carbonyl (C=O) groups is 1. The summed E-state index contributed by atoms with van der Waals surface area (Å²) in [5.41, 5.74) is 10.1. The van der Waals surface area contributed by atoms with Crippen molar-refractivity contribution in [2.24, 2.45) is 0 Å². The normalized spacial score (nSPS) is 18.1. The molecule has 1 amide bonds. The highest BCUT2D eigenvalue weighted by molar-refractivity contribution is 5.94. The van der Waals surface area contributed by atoms with E-state index in [1.807, 2.05) is 66.6 Å². The second kappa shape index (κ2) is 12.9. The zero-order valence-corrected chi connectivity index (χ0v) is 27.1. The van der Waals surface area contributed by atoms with Crippen LogP contribution in [0.5, 0.6) is 0 Å². The molecule has 2 fully saturated rings. The van der Waals surface area contributed by atoms with E-state index in [9.17, 15) is 9.90 Å². The van der Waals surface area contributed by atoms with Crippen LogP contribution < -0.4 is 10.2 Å². The van der Waals surface area contributed by atoms with Gasteiger partial charge in [0.2, 0.25) is 5.95 Å². The Morgan fingerprint density at radius 2 is 1.68 bits per heavy atom.